The molecule has 0 spiro atoms. The molecular formula is C30H16F2IrN2-2. The van der Waals surface area contributed by atoms with Crippen LogP contribution < -0.4 is 0 Å². The van der Waals surface area contributed by atoms with E-state index in [1.807, 2.05) is 12.3 Å². The molecule has 171 valence electrons. The molecule has 0 saturated heterocycles. The van der Waals surface area contributed by atoms with Gasteiger partial charge in [0.1, 0.15) is 0 Å². The summed E-state index contributed by atoms with van der Waals surface area (Å²) in [5.41, 5.74) is 1.69. The van der Waals surface area contributed by atoms with Crippen molar-refractivity contribution in [1.29, 1.82) is 0 Å². The minimum atomic E-state index is -0.649. The normalized spacial score (nSPS) is 10.9. The molecule has 0 atom stereocenters. The van der Waals surface area contributed by atoms with E-state index in [-0.39, 0.29) is 25.7 Å². The van der Waals surface area contributed by atoms with Crippen molar-refractivity contribution in [2.45, 2.75) is 0 Å². The van der Waals surface area contributed by atoms with Gasteiger partial charge in [-0.1, -0.05) is 70.9 Å². The molecule has 7 aromatic rings. The number of hydrogen-bond acceptors (Lipinski definition) is 2. The molecule has 1 radical (unpaired) electrons. The third-order valence-electron chi connectivity index (χ3n) is 5.93. The van der Waals surface area contributed by atoms with E-state index in [0.29, 0.717) is 5.69 Å². The first-order valence-electron chi connectivity index (χ1n) is 10.8. The maximum absolute atomic E-state index is 13.2. The number of nitrogens with zero attached hydrogens (tertiary/aromatic N) is 2. The van der Waals surface area contributed by atoms with Crippen molar-refractivity contribution in [3.63, 3.8) is 0 Å². The smallest absolute Gasteiger partial charge is 0.0408 e. The van der Waals surface area contributed by atoms with Crippen LogP contribution in [0.4, 0.5) is 8.78 Å². The van der Waals surface area contributed by atoms with E-state index in [4.69, 9.17) is 0 Å². The zero-order valence-corrected chi connectivity index (χ0v) is 20.6. The van der Waals surface area contributed by atoms with Crippen LogP contribution in [-0.4, -0.2) is 9.97 Å². The van der Waals surface area contributed by atoms with Crippen LogP contribution in [0.25, 0.3) is 54.5 Å². The second-order valence-electron chi connectivity index (χ2n) is 7.94. The van der Waals surface area contributed by atoms with Gasteiger partial charge in [0.05, 0.1) is 0 Å². The second kappa shape index (κ2) is 9.46. The van der Waals surface area contributed by atoms with Gasteiger partial charge in [-0.05, 0) is 39.5 Å². The molecule has 7 rings (SSSR count). The molecule has 0 amide bonds. The fourth-order valence-electron chi connectivity index (χ4n) is 4.48. The van der Waals surface area contributed by atoms with E-state index in [0.717, 1.165) is 23.0 Å². The predicted molar refractivity (Wildman–Crippen MR) is 133 cm³/mol. The van der Waals surface area contributed by atoms with Gasteiger partial charge in [0.25, 0.3) is 0 Å². The Hall–Kier alpha value is -3.79. The van der Waals surface area contributed by atoms with Gasteiger partial charge in [0, 0.05) is 44.1 Å². The molecule has 2 nitrogen and oxygen atoms in total. The van der Waals surface area contributed by atoms with E-state index in [9.17, 15) is 8.78 Å². The molecular weight excluding hydrogens is 619 g/mol. The molecule has 35 heavy (non-hydrogen) atoms. The van der Waals surface area contributed by atoms with Crippen LogP contribution in [0.1, 0.15) is 0 Å². The molecule has 0 unspecified atom stereocenters. The van der Waals surface area contributed by atoms with Gasteiger partial charge in [0.2, 0.25) is 0 Å². The summed E-state index contributed by atoms with van der Waals surface area (Å²) in [5, 5.41) is 8.72. The summed E-state index contributed by atoms with van der Waals surface area (Å²) in [6, 6.07) is 32.1. The molecule has 0 aliphatic carbocycles. The second-order valence-corrected chi connectivity index (χ2v) is 7.94. The maximum atomic E-state index is 13.2. The Labute approximate surface area is 214 Å². The summed E-state index contributed by atoms with van der Waals surface area (Å²) in [7, 11) is 0. The number of aromatic nitrogens is 2. The van der Waals surface area contributed by atoms with E-state index in [1.165, 1.54) is 32.3 Å². The largest absolute Gasteiger partial charge is 0.305 e. The Morgan fingerprint density at radius 2 is 1.46 bits per heavy atom. The first-order valence-corrected chi connectivity index (χ1v) is 10.8. The van der Waals surface area contributed by atoms with E-state index >= 15 is 0 Å². The first kappa shape index (κ1) is 23.0. The number of hydrogen-bond donors (Lipinski definition) is 0. The zero-order chi connectivity index (χ0) is 23.1. The molecule has 2 aromatic heterocycles. The summed E-state index contributed by atoms with van der Waals surface area (Å²) in [4.78, 5) is 8.58. The average Bonchev–Trinajstić information content (AvgIpc) is 2.88. The van der Waals surface area contributed by atoms with E-state index < -0.39 is 11.6 Å². The molecule has 0 aliphatic heterocycles. The average molecular weight is 635 g/mol. The van der Waals surface area contributed by atoms with Gasteiger partial charge in [-0.3, -0.25) is 8.78 Å². The molecule has 0 N–H and O–H groups in total. The number of pyridine rings is 2. The summed E-state index contributed by atoms with van der Waals surface area (Å²) >= 11 is 0. The molecule has 0 bridgehead atoms. The van der Waals surface area contributed by atoms with Crippen LogP contribution in [0.3, 0.4) is 0 Å². The molecule has 0 fully saturated rings. The Kier molecular flexibility index (Phi) is 6.21. The van der Waals surface area contributed by atoms with Crippen LogP contribution in [0.5, 0.6) is 0 Å². The van der Waals surface area contributed by atoms with Crippen molar-refractivity contribution in [3.05, 3.63) is 121 Å². The van der Waals surface area contributed by atoms with Gasteiger partial charge in [0.15, 0.2) is 0 Å². The van der Waals surface area contributed by atoms with Gasteiger partial charge in [-0.15, -0.1) is 41.1 Å². The topological polar surface area (TPSA) is 25.8 Å². The molecule has 5 heteroatoms. The van der Waals surface area contributed by atoms with Crippen molar-refractivity contribution in [2.75, 3.05) is 0 Å². The Balaban J connectivity index is 0.000000150. The van der Waals surface area contributed by atoms with Crippen LogP contribution in [-0.2, 0) is 20.1 Å². The Morgan fingerprint density at radius 1 is 0.686 bits per heavy atom. The first-order chi connectivity index (χ1) is 16.7. The minimum Gasteiger partial charge on any atom is -0.305 e. The van der Waals surface area contributed by atoms with Gasteiger partial charge in [-0.25, -0.2) is 0 Å². The summed E-state index contributed by atoms with van der Waals surface area (Å²) in [5.74, 6) is -1.29. The maximum Gasteiger partial charge on any atom is 0.0408 e. The van der Waals surface area contributed by atoms with E-state index in [2.05, 4.69) is 70.6 Å². The van der Waals surface area contributed by atoms with Gasteiger partial charge in [-0.2, -0.15) is 0 Å². The fraction of sp³-hybridized carbons (Fsp3) is 0. The SMILES string of the molecule is Fc1c[c-]c(-c2ccccn2)c(F)c1.[Ir].[c-]1ccc2cccc3c4cccc5ccnc(c1c23)c54. The summed E-state index contributed by atoms with van der Waals surface area (Å²) in [6.45, 7) is 0. The standard InChI is InChI=1S/C19H10N.C11H6F2N.Ir/c1-4-12-5-3-9-16-17(12)14(7-1)15-8-2-6-13-10-11-20-19(16)18(13)15;12-8-4-5-9(10(13)7-8)11-3-1-2-6-14-11;/h1-8,10-11H;1-4,6-7H;/q2*-1;. The Morgan fingerprint density at radius 3 is 2.20 bits per heavy atom. The van der Waals surface area contributed by atoms with Gasteiger partial charge >= 0.3 is 0 Å². The zero-order valence-electron chi connectivity index (χ0n) is 18.2. The number of halogens is 2. The Bertz CT molecular complexity index is 1620. The molecule has 0 aliphatic rings. The molecule has 5 aromatic carbocycles. The quantitative estimate of drug-likeness (QED) is 0.105. The third kappa shape index (κ3) is 4.03. The van der Waals surface area contributed by atoms with Crippen LogP contribution in [0, 0.1) is 23.8 Å². The number of fused-ring (bicyclic) bond motifs is 2. The molecule has 2 heterocycles. The predicted octanol–water partition coefficient (Wildman–Crippen LogP) is 7.76. The van der Waals surface area contributed by atoms with E-state index in [1.54, 1.807) is 24.4 Å². The number of rotatable bonds is 1. The van der Waals surface area contributed by atoms with Crippen molar-refractivity contribution in [2.24, 2.45) is 0 Å². The van der Waals surface area contributed by atoms with Gasteiger partial charge < -0.3 is 9.97 Å². The van der Waals surface area contributed by atoms with Crippen LogP contribution in [0.2, 0.25) is 0 Å². The van der Waals surface area contributed by atoms with Crippen molar-refractivity contribution < 1.29 is 28.9 Å². The summed E-state index contributed by atoms with van der Waals surface area (Å²) in [6.07, 6.45) is 3.44. The minimum absolute atomic E-state index is 0. The third-order valence-corrected chi connectivity index (χ3v) is 5.93. The van der Waals surface area contributed by atoms with Crippen molar-refractivity contribution in [3.8, 4) is 11.3 Å². The van der Waals surface area contributed by atoms with Crippen LogP contribution in [0.15, 0.2) is 97.3 Å². The van der Waals surface area contributed by atoms with Crippen molar-refractivity contribution >= 4 is 43.2 Å². The van der Waals surface area contributed by atoms with Crippen molar-refractivity contribution in [1.82, 2.24) is 9.97 Å². The van der Waals surface area contributed by atoms with Crippen LogP contribution >= 0.6 is 0 Å². The molecule has 0 saturated carbocycles. The fourth-order valence-corrected chi connectivity index (χ4v) is 4.48. The monoisotopic (exact) mass is 635 g/mol. The number of benzene rings is 5. The summed E-state index contributed by atoms with van der Waals surface area (Å²) < 4.78 is 25.8.